The fourth-order valence-electron chi connectivity index (χ4n) is 2.00. The lowest BCUT2D eigenvalue weighted by Crippen LogP contribution is -2.01. The molecule has 2 rings (SSSR count). The van der Waals surface area contributed by atoms with Gasteiger partial charge in [0, 0.05) is 6.42 Å². The SMILES string of the molecule is CCC(=O)c1ccccc1Oc1c(OC)cccc1OC. The van der Waals surface area contributed by atoms with Crippen LogP contribution in [0.25, 0.3) is 0 Å². The highest BCUT2D eigenvalue weighted by atomic mass is 16.5. The molecule has 0 bridgehead atoms. The lowest BCUT2D eigenvalue weighted by atomic mass is 10.1. The molecule has 2 aromatic rings. The summed E-state index contributed by atoms with van der Waals surface area (Å²) < 4.78 is 16.5. The van der Waals surface area contributed by atoms with E-state index in [4.69, 9.17) is 14.2 Å². The summed E-state index contributed by atoms with van der Waals surface area (Å²) in [4.78, 5) is 12.0. The molecule has 0 saturated carbocycles. The van der Waals surface area contributed by atoms with Gasteiger partial charge >= 0.3 is 0 Å². The molecule has 0 saturated heterocycles. The Labute approximate surface area is 124 Å². The number of methoxy groups -OCH3 is 2. The largest absolute Gasteiger partial charge is 0.493 e. The first kappa shape index (κ1) is 14.9. The topological polar surface area (TPSA) is 44.8 Å². The Hall–Kier alpha value is -2.49. The van der Waals surface area contributed by atoms with Crippen LogP contribution in [0.5, 0.6) is 23.0 Å². The predicted molar refractivity (Wildman–Crippen MR) is 80.7 cm³/mol. The molecule has 0 aliphatic heterocycles. The molecule has 4 heteroatoms. The summed E-state index contributed by atoms with van der Waals surface area (Å²) in [6, 6.07) is 12.5. The molecule has 0 heterocycles. The van der Waals surface area contributed by atoms with Crippen LogP contribution >= 0.6 is 0 Å². The normalized spacial score (nSPS) is 10.0. The second kappa shape index (κ2) is 6.79. The number of benzene rings is 2. The summed E-state index contributed by atoms with van der Waals surface area (Å²) in [7, 11) is 3.12. The Morgan fingerprint density at radius 2 is 1.48 bits per heavy atom. The number of ether oxygens (including phenoxy) is 3. The quantitative estimate of drug-likeness (QED) is 0.750. The highest BCUT2D eigenvalue weighted by Crippen LogP contribution is 2.40. The highest BCUT2D eigenvalue weighted by Gasteiger charge is 2.16. The van der Waals surface area contributed by atoms with Gasteiger partial charge < -0.3 is 14.2 Å². The van der Waals surface area contributed by atoms with Crippen LogP contribution < -0.4 is 14.2 Å². The molecule has 0 fully saturated rings. The van der Waals surface area contributed by atoms with Gasteiger partial charge in [0.15, 0.2) is 17.3 Å². The molecule has 2 aromatic carbocycles. The van der Waals surface area contributed by atoms with Crippen molar-refractivity contribution in [1.29, 1.82) is 0 Å². The second-order valence-corrected chi connectivity index (χ2v) is 4.37. The molecule has 110 valence electrons. The first-order valence-electron chi connectivity index (χ1n) is 6.72. The Morgan fingerprint density at radius 3 is 2.05 bits per heavy atom. The van der Waals surface area contributed by atoms with E-state index in [9.17, 15) is 4.79 Å². The molecule has 0 unspecified atom stereocenters. The van der Waals surface area contributed by atoms with E-state index in [0.717, 1.165) is 0 Å². The van der Waals surface area contributed by atoms with E-state index in [2.05, 4.69) is 0 Å². The van der Waals surface area contributed by atoms with Gasteiger partial charge in [0.1, 0.15) is 5.75 Å². The molecule has 0 amide bonds. The third-order valence-corrected chi connectivity index (χ3v) is 3.10. The van der Waals surface area contributed by atoms with Crippen LogP contribution in [-0.2, 0) is 0 Å². The van der Waals surface area contributed by atoms with Crippen molar-refractivity contribution in [2.75, 3.05) is 14.2 Å². The molecule has 0 radical (unpaired) electrons. The maximum Gasteiger partial charge on any atom is 0.211 e. The fourth-order valence-corrected chi connectivity index (χ4v) is 2.00. The lowest BCUT2D eigenvalue weighted by Gasteiger charge is -2.15. The van der Waals surface area contributed by atoms with Crippen LogP contribution in [0.3, 0.4) is 0 Å². The Morgan fingerprint density at radius 1 is 0.905 bits per heavy atom. The Kier molecular flexibility index (Phi) is 4.82. The number of rotatable bonds is 6. The first-order chi connectivity index (χ1) is 10.2. The number of para-hydroxylation sites is 2. The number of ketones is 1. The number of hydrogen-bond acceptors (Lipinski definition) is 4. The summed E-state index contributed by atoms with van der Waals surface area (Å²) in [5, 5.41) is 0. The summed E-state index contributed by atoms with van der Waals surface area (Å²) in [5.41, 5.74) is 0.549. The molecule has 21 heavy (non-hydrogen) atoms. The van der Waals surface area contributed by atoms with Crippen molar-refractivity contribution in [3.8, 4) is 23.0 Å². The predicted octanol–water partition coefficient (Wildman–Crippen LogP) is 4.09. The van der Waals surface area contributed by atoms with Gasteiger partial charge in [0.25, 0.3) is 0 Å². The van der Waals surface area contributed by atoms with Gasteiger partial charge in [-0.2, -0.15) is 0 Å². The van der Waals surface area contributed by atoms with Crippen LogP contribution in [0.2, 0.25) is 0 Å². The zero-order valence-electron chi connectivity index (χ0n) is 12.4. The van der Waals surface area contributed by atoms with Crippen molar-refractivity contribution < 1.29 is 19.0 Å². The van der Waals surface area contributed by atoms with Gasteiger partial charge in [0.2, 0.25) is 5.75 Å². The average Bonchev–Trinajstić information content (AvgIpc) is 2.54. The summed E-state index contributed by atoms with van der Waals surface area (Å²) >= 11 is 0. The van der Waals surface area contributed by atoms with Crippen molar-refractivity contribution in [2.45, 2.75) is 13.3 Å². The molecule has 0 spiro atoms. The zero-order chi connectivity index (χ0) is 15.2. The van der Waals surface area contributed by atoms with Gasteiger partial charge in [0.05, 0.1) is 19.8 Å². The molecule has 0 aromatic heterocycles. The van der Waals surface area contributed by atoms with Gasteiger partial charge in [-0.1, -0.05) is 25.1 Å². The minimum Gasteiger partial charge on any atom is -0.493 e. The van der Waals surface area contributed by atoms with Gasteiger partial charge in [-0.3, -0.25) is 4.79 Å². The Balaban J connectivity index is 2.46. The summed E-state index contributed by atoms with van der Waals surface area (Å²) in [6.07, 6.45) is 0.420. The molecule has 0 N–H and O–H groups in total. The smallest absolute Gasteiger partial charge is 0.211 e. The third-order valence-electron chi connectivity index (χ3n) is 3.10. The fraction of sp³-hybridized carbons (Fsp3) is 0.235. The molecular formula is C17H18O4. The average molecular weight is 286 g/mol. The van der Waals surface area contributed by atoms with Crippen molar-refractivity contribution in [3.05, 3.63) is 48.0 Å². The number of carbonyl (C=O) groups excluding carboxylic acids is 1. The minimum atomic E-state index is 0.0273. The maximum atomic E-state index is 12.0. The van der Waals surface area contributed by atoms with Crippen molar-refractivity contribution in [2.24, 2.45) is 0 Å². The third kappa shape index (κ3) is 3.16. The number of hydrogen-bond donors (Lipinski definition) is 0. The number of carbonyl (C=O) groups is 1. The summed E-state index contributed by atoms with van der Waals surface area (Å²) in [5.74, 6) is 2.08. The van der Waals surface area contributed by atoms with Crippen LogP contribution in [0.1, 0.15) is 23.7 Å². The lowest BCUT2D eigenvalue weighted by molar-refractivity contribution is 0.0985. The first-order valence-corrected chi connectivity index (χ1v) is 6.72. The van der Waals surface area contributed by atoms with Crippen LogP contribution in [0.4, 0.5) is 0 Å². The van der Waals surface area contributed by atoms with Crippen molar-refractivity contribution in [3.63, 3.8) is 0 Å². The van der Waals surface area contributed by atoms with Gasteiger partial charge in [-0.05, 0) is 24.3 Å². The highest BCUT2D eigenvalue weighted by molar-refractivity contribution is 5.98. The van der Waals surface area contributed by atoms with Gasteiger partial charge in [-0.15, -0.1) is 0 Å². The van der Waals surface area contributed by atoms with E-state index >= 15 is 0 Å². The summed E-state index contributed by atoms with van der Waals surface area (Å²) in [6.45, 7) is 1.82. The van der Waals surface area contributed by atoms with Crippen LogP contribution in [-0.4, -0.2) is 20.0 Å². The minimum absolute atomic E-state index is 0.0273. The van der Waals surface area contributed by atoms with Crippen molar-refractivity contribution in [1.82, 2.24) is 0 Å². The zero-order valence-corrected chi connectivity index (χ0v) is 12.4. The molecule has 0 aliphatic rings. The standard InChI is InChI=1S/C17H18O4/c1-4-13(18)12-8-5-6-9-14(12)21-17-15(19-2)10-7-11-16(17)20-3/h5-11H,4H2,1-3H3. The van der Waals surface area contributed by atoms with E-state index < -0.39 is 0 Å². The molecular weight excluding hydrogens is 268 g/mol. The van der Waals surface area contributed by atoms with E-state index in [1.54, 1.807) is 38.5 Å². The molecule has 4 nitrogen and oxygen atoms in total. The van der Waals surface area contributed by atoms with Gasteiger partial charge in [-0.25, -0.2) is 0 Å². The van der Waals surface area contributed by atoms with E-state index in [1.807, 2.05) is 25.1 Å². The van der Waals surface area contributed by atoms with E-state index in [0.29, 0.717) is 35.0 Å². The molecule has 0 aliphatic carbocycles. The van der Waals surface area contributed by atoms with Crippen LogP contribution in [0.15, 0.2) is 42.5 Å². The van der Waals surface area contributed by atoms with Crippen LogP contribution in [0, 0.1) is 0 Å². The monoisotopic (exact) mass is 286 g/mol. The van der Waals surface area contributed by atoms with Crippen molar-refractivity contribution >= 4 is 5.78 Å². The van der Waals surface area contributed by atoms with E-state index in [-0.39, 0.29) is 5.78 Å². The van der Waals surface area contributed by atoms with E-state index in [1.165, 1.54) is 0 Å². The second-order valence-electron chi connectivity index (χ2n) is 4.37. The Bertz CT molecular complexity index is 612. The molecule has 0 atom stereocenters. The number of Topliss-reactive ketones (excluding diaryl/α,β-unsaturated/α-hetero) is 1. The maximum absolute atomic E-state index is 12.0.